The molecule has 30 heavy (non-hydrogen) atoms. The van der Waals surface area contributed by atoms with Gasteiger partial charge in [0, 0.05) is 25.5 Å². The number of rotatable bonds is 7. The maximum atomic E-state index is 13.0. The molecule has 0 aliphatic heterocycles. The van der Waals surface area contributed by atoms with Crippen LogP contribution in [0.25, 0.3) is 0 Å². The van der Waals surface area contributed by atoms with Gasteiger partial charge in [0.05, 0.1) is 11.6 Å². The molecule has 1 aromatic heterocycles. The summed E-state index contributed by atoms with van der Waals surface area (Å²) in [6.45, 7) is 2.27. The molecule has 10 heteroatoms. The minimum absolute atomic E-state index is 0. The van der Waals surface area contributed by atoms with E-state index in [0.717, 1.165) is 18.6 Å². The van der Waals surface area contributed by atoms with Crippen molar-refractivity contribution in [1.82, 2.24) is 15.5 Å². The molecule has 0 spiro atoms. The fourth-order valence-electron chi connectivity index (χ4n) is 2.47. The second kappa shape index (κ2) is 12.1. The first-order valence-corrected chi connectivity index (χ1v) is 9.99. The number of amides is 1. The highest BCUT2D eigenvalue weighted by Crippen LogP contribution is 2.30. The lowest BCUT2D eigenvalue weighted by Crippen LogP contribution is -2.40. The normalized spacial score (nSPS) is 12.7. The molecule has 2 N–H and O–H groups in total. The quantitative estimate of drug-likeness (QED) is 0.305. The van der Waals surface area contributed by atoms with Crippen LogP contribution in [-0.4, -0.2) is 44.0 Å². The van der Waals surface area contributed by atoms with Gasteiger partial charge in [0.25, 0.3) is 0 Å². The molecule has 0 fully saturated rings. The average Bonchev–Trinajstić information content (AvgIpc) is 3.18. The van der Waals surface area contributed by atoms with Gasteiger partial charge in [-0.25, -0.2) is 4.99 Å². The summed E-state index contributed by atoms with van der Waals surface area (Å²) in [5, 5.41) is 8.24. The first-order valence-electron chi connectivity index (χ1n) is 9.11. The maximum Gasteiger partial charge on any atom is 0.416 e. The van der Waals surface area contributed by atoms with E-state index in [9.17, 15) is 18.0 Å². The highest BCUT2D eigenvalue weighted by atomic mass is 127. The van der Waals surface area contributed by atoms with Gasteiger partial charge in [-0.05, 0) is 42.5 Å². The van der Waals surface area contributed by atoms with Gasteiger partial charge < -0.3 is 15.5 Å². The van der Waals surface area contributed by atoms with Crippen molar-refractivity contribution >= 4 is 47.2 Å². The third-order valence-corrected chi connectivity index (χ3v) is 5.12. The zero-order valence-electron chi connectivity index (χ0n) is 17.0. The molecule has 0 bridgehead atoms. The molecule has 1 atom stereocenters. The van der Waals surface area contributed by atoms with Crippen molar-refractivity contribution in [3.8, 4) is 0 Å². The van der Waals surface area contributed by atoms with Gasteiger partial charge in [-0.2, -0.15) is 13.2 Å². The van der Waals surface area contributed by atoms with Crippen LogP contribution in [0, 0.1) is 0 Å². The van der Waals surface area contributed by atoms with Crippen molar-refractivity contribution in [1.29, 1.82) is 0 Å². The predicted molar refractivity (Wildman–Crippen MR) is 125 cm³/mol. The first kappa shape index (κ1) is 26.2. The molecule has 0 aliphatic rings. The highest BCUT2D eigenvalue weighted by Gasteiger charge is 2.30. The summed E-state index contributed by atoms with van der Waals surface area (Å²) in [4.78, 5) is 18.8. The molecule has 0 saturated heterocycles. The fraction of sp³-hybridized carbons (Fsp3) is 0.400. The SMILES string of the molecule is CC(NC(=NCC(=O)N(C)C)NCCc1cccs1)c1cccc(C(F)(F)F)c1.I. The van der Waals surface area contributed by atoms with Crippen molar-refractivity contribution in [2.45, 2.75) is 25.6 Å². The van der Waals surface area contributed by atoms with E-state index in [1.807, 2.05) is 17.5 Å². The molecular formula is C20H26F3IN4OS. The molecule has 1 unspecified atom stereocenters. The van der Waals surface area contributed by atoms with E-state index in [2.05, 4.69) is 15.6 Å². The number of likely N-dealkylation sites (N-methyl/N-ethyl adjacent to an activating group) is 1. The van der Waals surface area contributed by atoms with Gasteiger partial charge >= 0.3 is 6.18 Å². The van der Waals surface area contributed by atoms with Crippen LogP contribution in [0.4, 0.5) is 13.2 Å². The second-order valence-electron chi connectivity index (χ2n) is 6.70. The minimum atomic E-state index is -4.40. The number of carbonyl (C=O) groups excluding carboxylic acids is 1. The number of benzene rings is 1. The summed E-state index contributed by atoms with van der Waals surface area (Å²) in [5.41, 5.74) is -0.220. The van der Waals surface area contributed by atoms with E-state index >= 15 is 0 Å². The Morgan fingerprint density at radius 1 is 1.23 bits per heavy atom. The van der Waals surface area contributed by atoms with Crippen molar-refractivity contribution in [3.05, 3.63) is 57.8 Å². The maximum absolute atomic E-state index is 13.0. The standard InChI is InChI=1S/C20H25F3N4OS.HI/c1-14(15-6-4-7-16(12-15)20(21,22)23)26-19(25-13-18(28)27(2)3)24-10-9-17-8-5-11-29-17;/h4-8,11-12,14H,9-10,13H2,1-3H3,(H2,24,25,26);1H. The number of nitrogens with zero attached hydrogens (tertiary/aromatic N) is 2. The van der Waals surface area contributed by atoms with Gasteiger partial charge in [0.1, 0.15) is 6.54 Å². The number of guanidine groups is 1. The van der Waals surface area contributed by atoms with Crippen LogP contribution in [0.15, 0.2) is 46.8 Å². The first-order chi connectivity index (χ1) is 13.7. The Morgan fingerprint density at radius 3 is 2.57 bits per heavy atom. The number of hydrogen-bond donors (Lipinski definition) is 2. The smallest absolute Gasteiger partial charge is 0.356 e. The Bertz CT molecular complexity index is 826. The number of carbonyl (C=O) groups is 1. The molecular weight excluding hydrogens is 528 g/mol. The van der Waals surface area contributed by atoms with Crippen molar-refractivity contribution in [2.24, 2.45) is 4.99 Å². The summed E-state index contributed by atoms with van der Waals surface area (Å²) >= 11 is 1.64. The van der Waals surface area contributed by atoms with E-state index in [4.69, 9.17) is 0 Å². The van der Waals surface area contributed by atoms with E-state index in [1.54, 1.807) is 38.4 Å². The lowest BCUT2D eigenvalue weighted by atomic mass is 10.1. The van der Waals surface area contributed by atoms with Crippen LogP contribution in [0.3, 0.4) is 0 Å². The Hall–Kier alpha value is -1.82. The number of hydrogen-bond acceptors (Lipinski definition) is 3. The Labute approximate surface area is 195 Å². The molecule has 2 aromatic rings. The van der Waals surface area contributed by atoms with E-state index in [0.29, 0.717) is 18.1 Å². The largest absolute Gasteiger partial charge is 0.416 e. The van der Waals surface area contributed by atoms with Gasteiger partial charge in [-0.15, -0.1) is 35.3 Å². The highest BCUT2D eigenvalue weighted by molar-refractivity contribution is 14.0. The van der Waals surface area contributed by atoms with E-state index in [1.165, 1.54) is 15.8 Å². The van der Waals surface area contributed by atoms with E-state index in [-0.39, 0.29) is 36.4 Å². The van der Waals surface area contributed by atoms with Gasteiger partial charge in [-0.3, -0.25) is 4.79 Å². The summed E-state index contributed by atoms with van der Waals surface area (Å²) in [7, 11) is 3.28. The Balaban J connectivity index is 0.00000450. The van der Waals surface area contributed by atoms with Crippen LogP contribution in [0.1, 0.15) is 29.0 Å². The van der Waals surface area contributed by atoms with Gasteiger partial charge in [0.2, 0.25) is 5.91 Å². The van der Waals surface area contributed by atoms with Gasteiger partial charge in [0.15, 0.2) is 5.96 Å². The number of alkyl halides is 3. The molecule has 0 radical (unpaired) electrons. The lowest BCUT2D eigenvalue weighted by Gasteiger charge is -2.20. The molecule has 0 saturated carbocycles. The topological polar surface area (TPSA) is 56.7 Å². The molecule has 0 aliphatic carbocycles. The Morgan fingerprint density at radius 2 is 1.97 bits per heavy atom. The Kier molecular flexibility index (Phi) is 10.6. The average molecular weight is 554 g/mol. The molecule has 1 aromatic carbocycles. The van der Waals surface area contributed by atoms with Gasteiger partial charge in [-0.1, -0.05) is 18.2 Å². The molecule has 1 amide bonds. The van der Waals surface area contributed by atoms with Crippen LogP contribution >= 0.6 is 35.3 Å². The number of thiophene rings is 1. The molecule has 5 nitrogen and oxygen atoms in total. The molecule has 166 valence electrons. The molecule has 1 heterocycles. The summed E-state index contributed by atoms with van der Waals surface area (Å²) in [5.74, 6) is 0.206. The molecule has 2 rings (SSSR count). The third-order valence-electron chi connectivity index (χ3n) is 4.18. The fourth-order valence-corrected chi connectivity index (χ4v) is 3.18. The van der Waals surface area contributed by atoms with Crippen LogP contribution in [0.5, 0.6) is 0 Å². The number of aliphatic imine (C=N–C) groups is 1. The van der Waals surface area contributed by atoms with Crippen molar-refractivity contribution in [3.63, 3.8) is 0 Å². The second-order valence-corrected chi connectivity index (χ2v) is 7.73. The van der Waals surface area contributed by atoms with Crippen LogP contribution in [0.2, 0.25) is 0 Å². The predicted octanol–water partition coefficient (Wildman–Crippen LogP) is 4.31. The van der Waals surface area contributed by atoms with Crippen molar-refractivity contribution < 1.29 is 18.0 Å². The number of halogens is 4. The summed E-state index contributed by atoms with van der Waals surface area (Å²) < 4.78 is 38.9. The third kappa shape index (κ3) is 8.50. The number of nitrogens with one attached hydrogen (secondary N) is 2. The zero-order chi connectivity index (χ0) is 21.4. The summed E-state index contributed by atoms with van der Waals surface area (Å²) in [6, 6.07) is 8.73. The zero-order valence-corrected chi connectivity index (χ0v) is 20.1. The minimum Gasteiger partial charge on any atom is -0.356 e. The van der Waals surface area contributed by atoms with Crippen LogP contribution in [-0.2, 0) is 17.4 Å². The monoisotopic (exact) mass is 554 g/mol. The summed E-state index contributed by atoms with van der Waals surface area (Å²) in [6.07, 6.45) is -3.62. The van der Waals surface area contributed by atoms with Crippen molar-refractivity contribution in [2.75, 3.05) is 27.2 Å². The lowest BCUT2D eigenvalue weighted by molar-refractivity contribution is -0.137. The van der Waals surface area contributed by atoms with E-state index < -0.39 is 17.8 Å². The van der Waals surface area contributed by atoms with Crippen LogP contribution < -0.4 is 10.6 Å².